The summed E-state index contributed by atoms with van der Waals surface area (Å²) in [5, 5.41) is 0. The second-order valence-electron chi connectivity index (χ2n) is 5.34. The molecule has 1 aromatic rings. The summed E-state index contributed by atoms with van der Waals surface area (Å²) >= 11 is 0. The third kappa shape index (κ3) is 2.48. The highest BCUT2D eigenvalue weighted by atomic mass is 16.5. The summed E-state index contributed by atoms with van der Waals surface area (Å²) in [6, 6.07) is 1.57. The highest BCUT2D eigenvalue weighted by molar-refractivity contribution is 5.10. The van der Waals surface area contributed by atoms with Crippen LogP contribution in [-0.2, 0) is 16.8 Å². The van der Waals surface area contributed by atoms with Crippen LogP contribution < -0.4 is 5.56 Å². The number of nitrogens with zero attached hydrogens (tertiary/aromatic N) is 1. The summed E-state index contributed by atoms with van der Waals surface area (Å²) < 4.78 is 5.76. The summed E-state index contributed by atoms with van der Waals surface area (Å²) in [5.41, 5.74) is 0.358. The third-order valence-electron chi connectivity index (χ3n) is 3.93. The van der Waals surface area contributed by atoms with Crippen LogP contribution in [0.3, 0.4) is 0 Å². The van der Waals surface area contributed by atoms with E-state index in [9.17, 15) is 4.79 Å². The van der Waals surface area contributed by atoms with E-state index in [0.29, 0.717) is 11.7 Å². The molecule has 2 rings (SSSR count). The van der Waals surface area contributed by atoms with Gasteiger partial charge in [0.25, 0.3) is 5.56 Å². The van der Waals surface area contributed by atoms with Gasteiger partial charge in [-0.3, -0.25) is 4.79 Å². The molecule has 0 aliphatic heterocycles. The minimum Gasteiger partial charge on any atom is -0.370 e. The van der Waals surface area contributed by atoms with E-state index in [4.69, 9.17) is 4.74 Å². The number of hydrogen-bond acceptors (Lipinski definition) is 3. The van der Waals surface area contributed by atoms with Crippen LogP contribution in [0.15, 0.2) is 10.9 Å². The Hall–Kier alpha value is -1.16. The zero-order valence-corrected chi connectivity index (χ0v) is 11.5. The average Bonchev–Trinajstić information content (AvgIpc) is 2.37. The van der Waals surface area contributed by atoms with E-state index < -0.39 is 5.60 Å². The van der Waals surface area contributed by atoms with Gasteiger partial charge in [-0.15, -0.1) is 0 Å². The molecule has 0 radical (unpaired) electrons. The number of methoxy groups -OCH3 is 1. The molecule has 1 fully saturated rings. The minimum absolute atomic E-state index is 0.0773. The van der Waals surface area contributed by atoms with Gasteiger partial charge in [0.15, 0.2) is 0 Å². The number of ether oxygens (including phenoxy) is 1. The molecule has 4 heteroatoms. The van der Waals surface area contributed by atoms with Gasteiger partial charge < -0.3 is 9.72 Å². The zero-order valence-electron chi connectivity index (χ0n) is 11.5. The van der Waals surface area contributed by atoms with E-state index in [2.05, 4.69) is 16.9 Å². The van der Waals surface area contributed by atoms with Crippen molar-refractivity contribution in [3.63, 3.8) is 0 Å². The van der Waals surface area contributed by atoms with Crippen LogP contribution in [0.4, 0.5) is 0 Å². The molecule has 1 aliphatic carbocycles. The normalized spacial score (nSPS) is 28.3. The molecule has 2 unspecified atom stereocenters. The third-order valence-corrected chi connectivity index (χ3v) is 3.93. The molecule has 2 atom stereocenters. The Labute approximate surface area is 108 Å². The number of aromatic nitrogens is 2. The summed E-state index contributed by atoms with van der Waals surface area (Å²) in [6.45, 7) is 4.24. The standard InChI is InChI=1S/C14H22N2O2/c1-4-11-8-12(17)16-13(15-11)14(18-3)7-5-6-10(2)9-14/h8,10H,4-7,9H2,1-3H3,(H,15,16,17). The number of H-pyrrole nitrogens is 1. The van der Waals surface area contributed by atoms with Crippen LogP contribution in [-0.4, -0.2) is 17.1 Å². The number of aromatic amines is 1. The predicted molar refractivity (Wildman–Crippen MR) is 70.6 cm³/mol. The molecule has 0 amide bonds. The van der Waals surface area contributed by atoms with Crippen molar-refractivity contribution in [2.45, 2.75) is 51.6 Å². The first-order valence-electron chi connectivity index (χ1n) is 6.75. The van der Waals surface area contributed by atoms with Gasteiger partial charge in [-0.1, -0.05) is 20.3 Å². The van der Waals surface area contributed by atoms with Crippen molar-refractivity contribution in [3.8, 4) is 0 Å². The van der Waals surface area contributed by atoms with Gasteiger partial charge in [-0.25, -0.2) is 4.98 Å². The van der Waals surface area contributed by atoms with E-state index in [1.54, 1.807) is 13.2 Å². The first-order valence-corrected chi connectivity index (χ1v) is 6.75. The highest BCUT2D eigenvalue weighted by Gasteiger charge is 2.39. The molecule has 0 aromatic carbocycles. The van der Waals surface area contributed by atoms with Crippen LogP contribution in [0, 0.1) is 5.92 Å². The van der Waals surface area contributed by atoms with Gasteiger partial charge in [0, 0.05) is 18.9 Å². The first-order chi connectivity index (χ1) is 8.59. The average molecular weight is 250 g/mol. The van der Waals surface area contributed by atoms with Gasteiger partial charge >= 0.3 is 0 Å². The van der Waals surface area contributed by atoms with Gasteiger partial charge in [0.1, 0.15) is 11.4 Å². The highest BCUT2D eigenvalue weighted by Crippen LogP contribution is 2.40. The maximum Gasteiger partial charge on any atom is 0.251 e. The summed E-state index contributed by atoms with van der Waals surface area (Å²) in [6.07, 6.45) is 4.98. The van der Waals surface area contributed by atoms with Crippen molar-refractivity contribution in [3.05, 3.63) is 27.9 Å². The summed E-state index contributed by atoms with van der Waals surface area (Å²) in [7, 11) is 1.72. The van der Waals surface area contributed by atoms with E-state index in [1.807, 2.05) is 6.92 Å². The van der Waals surface area contributed by atoms with Gasteiger partial charge in [0.05, 0.1) is 0 Å². The van der Waals surface area contributed by atoms with Crippen molar-refractivity contribution in [1.29, 1.82) is 0 Å². The predicted octanol–water partition coefficient (Wildman–Crippen LogP) is 2.38. The summed E-state index contributed by atoms with van der Waals surface area (Å²) in [4.78, 5) is 19.1. The monoisotopic (exact) mass is 250 g/mol. The number of rotatable bonds is 3. The Morgan fingerprint density at radius 3 is 3.00 bits per heavy atom. The molecular formula is C14H22N2O2. The number of nitrogens with one attached hydrogen (secondary N) is 1. The Kier molecular flexibility index (Phi) is 3.85. The van der Waals surface area contributed by atoms with Crippen molar-refractivity contribution < 1.29 is 4.74 Å². The van der Waals surface area contributed by atoms with E-state index in [1.165, 1.54) is 6.42 Å². The van der Waals surface area contributed by atoms with Crippen LogP contribution in [0.25, 0.3) is 0 Å². The van der Waals surface area contributed by atoms with Crippen molar-refractivity contribution in [2.75, 3.05) is 7.11 Å². The van der Waals surface area contributed by atoms with Gasteiger partial charge in [-0.2, -0.15) is 0 Å². The van der Waals surface area contributed by atoms with Gasteiger partial charge in [-0.05, 0) is 31.6 Å². The van der Waals surface area contributed by atoms with E-state index in [-0.39, 0.29) is 5.56 Å². The quantitative estimate of drug-likeness (QED) is 0.896. The first kappa shape index (κ1) is 13.3. The lowest BCUT2D eigenvalue weighted by molar-refractivity contribution is -0.0649. The minimum atomic E-state index is -0.401. The lowest BCUT2D eigenvalue weighted by Crippen LogP contribution is -2.37. The molecule has 100 valence electrons. The molecule has 18 heavy (non-hydrogen) atoms. The zero-order chi connectivity index (χ0) is 13.2. The molecule has 0 saturated heterocycles. The second kappa shape index (κ2) is 5.22. The Morgan fingerprint density at radius 1 is 1.61 bits per heavy atom. The lowest BCUT2D eigenvalue weighted by atomic mass is 9.78. The van der Waals surface area contributed by atoms with Crippen molar-refractivity contribution in [1.82, 2.24) is 9.97 Å². The van der Waals surface area contributed by atoms with Crippen LogP contribution in [0.2, 0.25) is 0 Å². The molecule has 1 aliphatic rings. The Morgan fingerprint density at radius 2 is 2.39 bits per heavy atom. The molecule has 1 heterocycles. The number of aryl methyl sites for hydroxylation is 1. The maximum atomic E-state index is 11.7. The van der Waals surface area contributed by atoms with Crippen LogP contribution >= 0.6 is 0 Å². The smallest absolute Gasteiger partial charge is 0.251 e. The van der Waals surface area contributed by atoms with E-state index in [0.717, 1.165) is 31.4 Å². The van der Waals surface area contributed by atoms with Crippen molar-refractivity contribution >= 4 is 0 Å². The summed E-state index contributed by atoms with van der Waals surface area (Å²) in [5.74, 6) is 1.31. The fourth-order valence-electron chi connectivity index (χ4n) is 2.91. The van der Waals surface area contributed by atoms with E-state index >= 15 is 0 Å². The second-order valence-corrected chi connectivity index (χ2v) is 5.34. The van der Waals surface area contributed by atoms with Crippen LogP contribution in [0.1, 0.15) is 51.0 Å². The van der Waals surface area contributed by atoms with Crippen LogP contribution in [0.5, 0.6) is 0 Å². The molecule has 0 bridgehead atoms. The lowest BCUT2D eigenvalue weighted by Gasteiger charge is -2.37. The maximum absolute atomic E-state index is 11.7. The molecule has 0 spiro atoms. The topological polar surface area (TPSA) is 55.0 Å². The van der Waals surface area contributed by atoms with Gasteiger partial charge in [0.2, 0.25) is 0 Å². The largest absolute Gasteiger partial charge is 0.370 e. The molecule has 1 saturated carbocycles. The number of hydrogen-bond donors (Lipinski definition) is 1. The fourth-order valence-corrected chi connectivity index (χ4v) is 2.91. The molecule has 1 N–H and O–H groups in total. The fraction of sp³-hybridized carbons (Fsp3) is 0.714. The van der Waals surface area contributed by atoms with Crippen molar-refractivity contribution in [2.24, 2.45) is 5.92 Å². The Balaban J connectivity index is 2.43. The molecule has 1 aromatic heterocycles. The SMILES string of the molecule is CCc1cc(=O)[nH]c(C2(OC)CCCC(C)C2)n1. The molecular weight excluding hydrogens is 228 g/mol. The Bertz CT molecular complexity index is 469. The molecule has 4 nitrogen and oxygen atoms in total.